The summed E-state index contributed by atoms with van der Waals surface area (Å²) in [5.41, 5.74) is 0.658. The first-order valence-electron chi connectivity index (χ1n) is 9.54. The number of esters is 1. The van der Waals surface area contributed by atoms with E-state index in [4.69, 9.17) is 4.74 Å². The van der Waals surface area contributed by atoms with Gasteiger partial charge in [-0.25, -0.2) is 4.79 Å². The molecule has 0 spiro atoms. The van der Waals surface area contributed by atoms with Gasteiger partial charge in [-0.15, -0.1) is 0 Å². The summed E-state index contributed by atoms with van der Waals surface area (Å²) in [5.74, 6) is -0.844. The van der Waals surface area contributed by atoms with Gasteiger partial charge in [-0.05, 0) is 34.5 Å². The fourth-order valence-electron chi connectivity index (χ4n) is 2.51. The predicted molar refractivity (Wildman–Crippen MR) is 110 cm³/mol. The second-order valence-electron chi connectivity index (χ2n) is 6.30. The lowest BCUT2D eigenvalue weighted by atomic mass is 10.1. The van der Waals surface area contributed by atoms with Crippen molar-refractivity contribution in [3.8, 4) is 0 Å². The zero-order valence-electron chi connectivity index (χ0n) is 15.6. The normalized spacial score (nSPS) is 10.8. The van der Waals surface area contributed by atoms with Crippen molar-refractivity contribution >= 4 is 33.5 Å². The number of carbonyl (C=O) groups excluding carboxylic acids is 2. The summed E-state index contributed by atoms with van der Waals surface area (Å²) in [6.07, 6.45) is 13.3. The molecule has 0 aromatic heterocycles. The summed E-state index contributed by atoms with van der Waals surface area (Å²) in [5, 5.41) is 2.69. The highest BCUT2D eigenvalue weighted by Crippen LogP contribution is 2.20. The van der Waals surface area contributed by atoms with E-state index < -0.39 is 5.97 Å². The van der Waals surface area contributed by atoms with Gasteiger partial charge in [0.2, 0.25) is 5.91 Å². The topological polar surface area (TPSA) is 55.4 Å². The smallest absolute Gasteiger partial charge is 0.330 e. The van der Waals surface area contributed by atoms with Gasteiger partial charge in [0, 0.05) is 16.6 Å². The largest absolute Gasteiger partial charge is 0.463 e. The highest BCUT2D eigenvalue weighted by atomic mass is 79.9. The summed E-state index contributed by atoms with van der Waals surface area (Å²) in [7, 11) is 0. The number of unbranched alkanes of at least 4 members (excludes halogenated alkanes) is 8. The van der Waals surface area contributed by atoms with Gasteiger partial charge in [0.05, 0.1) is 12.3 Å². The van der Waals surface area contributed by atoms with E-state index >= 15 is 0 Å². The highest BCUT2D eigenvalue weighted by molar-refractivity contribution is 9.10. The van der Waals surface area contributed by atoms with Crippen molar-refractivity contribution in [1.82, 2.24) is 0 Å². The molecule has 1 amide bonds. The van der Waals surface area contributed by atoms with Crippen LogP contribution in [0.3, 0.4) is 0 Å². The maximum atomic E-state index is 11.8. The number of rotatable bonds is 13. The third-order valence-corrected chi connectivity index (χ3v) is 4.69. The molecule has 1 aromatic rings. The molecule has 5 heteroatoms. The Morgan fingerprint density at radius 1 is 0.962 bits per heavy atom. The molecule has 0 atom stereocenters. The lowest BCUT2D eigenvalue weighted by molar-refractivity contribution is -0.138. The Bertz CT molecular complexity index is 572. The third kappa shape index (κ3) is 11.1. The Kier molecular flexibility index (Phi) is 12.5. The van der Waals surface area contributed by atoms with Crippen molar-refractivity contribution in [3.63, 3.8) is 0 Å². The van der Waals surface area contributed by atoms with Crippen molar-refractivity contribution in [2.24, 2.45) is 0 Å². The summed E-state index contributed by atoms with van der Waals surface area (Å²) in [4.78, 5) is 23.4. The number of anilines is 1. The van der Waals surface area contributed by atoms with Crippen LogP contribution in [0.15, 0.2) is 40.9 Å². The van der Waals surface area contributed by atoms with E-state index in [1.165, 1.54) is 57.1 Å². The zero-order valence-corrected chi connectivity index (χ0v) is 17.2. The van der Waals surface area contributed by atoms with Crippen molar-refractivity contribution in [1.29, 1.82) is 0 Å². The maximum absolute atomic E-state index is 11.8. The monoisotopic (exact) mass is 423 g/mol. The summed E-state index contributed by atoms with van der Waals surface area (Å²) in [6, 6.07) is 7.29. The number of para-hydroxylation sites is 1. The number of nitrogens with one attached hydrogen (secondary N) is 1. The molecule has 0 aliphatic heterocycles. The van der Waals surface area contributed by atoms with Gasteiger partial charge in [-0.1, -0.05) is 70.4 Å². The number of benzene rings is 1. The van der Waals surface area contributed by atoms with E-state index in [2.05, 4.69) is 28.2 Å². The van der Waals surface area contributed by atoms with Crippen molar-refractivity contribution in [3.05, 3.63) is 40.9 Å². The molecule has 0 radical (unpaired) electrons. The molecule has 1 aromatic carbocycles. The number of halogens is 1. The van der Waals surface area contributed by atoms with Crippen LogP contribution in [-0.2, 0) is 14.3 Å². The second-order valence-corrected chi connectivity index (χ2v) is 7.15. The predicted octanol–water partition coefficient (Wildman–Crippen LogP) is 6.02. The Balaban J connectivity index is 2.06. The van der Waals surface area contributed by atoms with E-state index in [0.717, 1.165) is 17.3 Å². The molecule has 26 heavy (non-hydrogen) atoms. The SMILES string of the molecule is CCCCCCCCCCCOC(=O)/C=C/C(=O)Nc1ccccc1Br. The number of hydrogen-bond donors (Lipinski definition) is 1. The Morgan fingerprint density at radius 3 is 2.23 bits per heavy atom. The molecule has 0 fully saturated rings. The minimum Gasteiger partial charge on any atom is -0.463 e. The minimum atomic E-state index is -0.480. The molecule has 144 valence electrons. The van der Waals surface area contributed by atoms with Crippen LogP contribution in [-0.4, -0.2) is 18.5 Å². The Morgan fingerprint density at radius 2 is 1.58 bits per heavy atom. The minimum absolute atomic E-state index is 0.364. The fourth-order valence-corrected chi connectivity index (χ4v) is 2.90. The molecule has 0 saturated carbocycles. The molecule has 0 aliphatic rings. The van der Waals surface area contributed by atoms with Gasteiger partial charge in [0.25, 0.3) is 0 Å². The fraction of sp³-hybridized carbons (Fsp3) is 0.524. The van der Waals surface area contributed by atoms with Crippen molar-refractivity contribution in [2.45, 2.75) is 64.7 Å². The van der Waals surface area contributed by atoms with Gasteiger partial charge in [-0.2, -0.15) is 0 Å². The van der Waals surface area contributed by atoms with Gasteiger partial charge < -0.3 is 10.1 Å². The van der Waals surface area contributed by atoms with Crippen LogP contribution in [0.2, 0.25) is 0 Å². The number of hydrogen-bond acceptors (Lipinski definition) is 3. The zero-order chi connectivity index (χ0) is 19.0. The summed E-state index contributed by atoms with van der Waals surface area (Å²) in [6.45, 7) is 2.64. The van der Waals surface area contributed by atoms with Gasteiger partial charge in [-0.3, -0.25) is 4.79 Å². The molecule has 4 nitrogen and oxygen atoms in total. The summed E-state index contributed by atoms with van der Waals surface area (Å²) >= 11 is 3.35. The standard InChI is InChI=1S/C21H30BrNO3/c1-2-3-4-5-6-7-8-9-12-17-26-21(25)16-15-20(24)23-19-14-11-10-13-18(19)22/h10-11,13-16H,2-9,12,17H2,1H3,(H,23,24)/b16-15+. The molecule has 0 unspecified atom stereocenters. The Hall–Kier alpha value is -1.62. The van der Waals surface area contributed by atoms with E-state index in [9.17, 15) is 9.59 Å². The number of carbonyl (C=O) groups is 2. The highest BCUT2D eigenvalue weighted by Gasteiger charge is 2.03. The van der Waals surface area contributed by atoms with E-state index in [1.807, 2.05) is 18.2 Å². The first-order chi connectivity index (χ1) is 12.6. The van der Waals surface area contributed by atoms with Crippen LogP contribution in [0.5, 0.6) is 0 Å². The molecular formula is C21H30BrNO3. The van der Waals surface area contributed by atoms with Gasteiger partial charge in [0.1, 0.15) is 0 Å². The van der Waals surface area contributed by atoms with Crippen LogP contribution in [0.4, 0.5) is 5.69 Å². The van der Waals surface area contributed by atoms with Gasteiger partial charge >= 0.3 is 5.97 Å². The second kappa shape index (κ2) is 14.5. The Labute approximate surface area is 165 Å². The lowest BCUT2D eigenvalue weighted by Gasteiger charge is -2.04. The average Bonchev–Trinajstić information content (AvgIpc) is 2.63. The molecule has 0 aliphatic carbocycles. The first-order valence-corrected chi connectivity index (χ1v) is 10.3. The van der Waals surface area contributed by atoms with Crippen LogP contribution in [0.1, 0.15) is 64.7 Å². The number of amides is 1. The first kappa shape index (κ1) is 22.4. The maximum Gasteiger partial charge on any atom is 0.330 e. The molecule has 0 bridgehead atoms. The van der Waals surface area contributed by atoms with E-state index in [1.54, 1.807) is 6.07 Å². The van der Waals surface area contributed by atoms with E-state index in [-0.39, 0.29) is 5.91 Å². The third-order valence-electron chi connectivity index (χ3n) is 3.99. The van der Waals surface area contributed by atoms with Crippen LogP contribution >= 0.6 is 15.9 Å². The quantitative estimate of drug-likeness (QED) is 0.239. The molecule has 1 N–H and O–H groups in total. The molecule has 0 heterocycles. The van der Waals surface area contributed by atoms with Crippen LogP contribution in [0, 0.1) is 0 Å². The number of ether oxygens (including phenoxy) is 1. The van der Waals surface area contributed by atoms with Crippen LogP contribution in [0.25, 0.3) is 0 Å². The molecule has 0 saturated heterocycles. The lowest BCUT2D eigenvalue weighted by Crippen LogP contribution is -2.10. The van der Waals surface area contributed by atoms with Crippen LogP contribution < -0.4 is 5.32 Å². The molecule has 1 rings (SSSR count). The van der Waals surface area contributed by atoms with Gasteiger partial charge in [0.15, 0.2) is 0 Å². The average molecular weight is 424 g/mol. The van der Waals surface area contributed by atoms with E-state index in [0.29, 0.717) is 12.3 Å². The summed E-state index contributed by atoms with van der Waals surface area (Å²) < 4.78 is 5.90. The molecular weight excluding hydrogens is 394 g/mol. The van der Waals surface area contributed by atoms with Crippen molar-refractivity contribution < 1.29 is 14.3 Å². The van der Waals surface area contributed by atoms with Crippen molar-refractivity contribution in [2.75, 3.05) is 11.9 Å².